The molecule has 0 bridgehead atoms. The molecule has 2 rings (SSSR count). The van der Waals surface area contributed by atoms with Crippen molar-refractivity contribution in [3.05, 3.63) is 60.4 Å². The molecule has 0 saturated carbocycles. The number of carbonyl (C=O) groups excluding carboxylic acids is 1. The van der Waals surface area contributed by atoms with E-state index in [-0.39, 0.29) is 12.6 Å². The summed E-state index contributed by atoms with van der Waals surface area (Å²) in [6, 6.07) is 12.5. The first-order valence-electron chi connectivity index (χ1n) is 7.08. The summed E-state index contributed by atoms with van der Waals surface area (Å²) in [4.78, 5) is 16.0. The maximum atomic E-state index is 12.0. The largest absolute Gasteiger partial charge is 0.460 e. The van der Waals surface area contributed by atoms with Crippen LogP contribution < -0.4 is 9.61 Å². The van der Waals surface area contributed by atoms with Gasteiger partial charge in [0.1, 0.15) is 18.4 Å². The highest BCUT2D eigenvalue weighted by Gasteiger charge is 2.21. The number of hydrogen-bond acceptors (Lipinski definition) is 6. The molecule has 0 aliphatic carbocycles. The third-order valence-corrected chi connectivity index (χ3v) is 4.17. The lowest BCUT2D eigenvalue weighted by Crippen LogP contribution is -2.33. The first kappa shape index (κ1) is 17.3. The molecule has 1 heterocycles. The Bertz CT molecular complexity index is 598. The van der Waals surface area contributed by atoms with Gasteiger partial charge < -0.3 is 13.8 Å². The van der Waals surface area contributed by atoms with Crippen LogP contribution in [0.25, 0.3) is 0 Å². The Balaban J connectivity index is 1.81. The lowest BCUT2D eigenvalue weighted by molar-refractivity contribution is -0.146. The molecule has 23 heavy (non-hydrogen) atoms. The lowest BCUT2D eigenvalue weighted by atomic mass is 10.2. The van der Waals surface area contributed by atoms with Crippen LogP contribution in [0, 0.1) is 0 Å². The standard InChI is InChI=1S/C16H19N2O4P/c1-13(16(19)21-12-14-7-4-3-5-8-14)18-23(20-2)22-15-9-6-10-17-11-15/h3-11,13,18H,12H2,1-2H3. The van der Waals surface area contributed by atoms with Gasteiger partial charge in [0.05, 0.1) is 6.20 Å². The van der Waals surface area contributed by atoms with Gasteiger partial charge in [-0.15, -0.1) is 0 Å². The topological polar surface area (TPSA) is 69.7 Å². The minimum atomic E-state index is -1.46. The molecule has 0 saturated heterocycles. The van der Waals surface area contributed by atoms with Crippen molar-refractivity contribution >= 4 is 14.5 Å². The van der Waals surface area contributed by atoms with E-state index >= 15 is 0 Å². The van der Waals surface area contributed by atoms with Crippen LogP contribution in [0.2, 0.25) is 0 Å². The molecule has 1 aromatic heterocycles. The van der Waals surface area contributed by atoms with Crippen molar-refractivity contribution in [2.45, 2.75) is 19.6 Å². The van der Waals surface area contributed by atoms with Crippen LogP contribution in [0.15, 0.2) is 54.9 Å². The first-order valence-corrected chi connectivity index (χ1v) is 8.25. The van der Waals surface area contributed by atoms with Gasteiger partial charge in [-0.1, -0.05) is 30.3 Å². The fourth-order valence-electron chi connectivity index (χ4n) is 1.68. The molecule has 0 aliphatic rings. The smallest absolute Gasteiger partial charge is 0.323 e. The number of benzene rings is 1. The third-order valence-electron chi connectivity index (χ3n) is 2.87. The van der Waals surface area contributed by atoms with Crippen molar-refractivity contribution < 1.29 is 18.6 Å². The molecule has 122 valence electrons. The number of pyridine rings is 1. The summed E-state index contributed by atoms with van der Waals surface area (Å²) in [6.07, 6.45) is 3.23. The van der Waals surface area contributed by atoms with Crippen LogP contribution in [-0.4, -0.2) is 24.1 Å². The number of rotatable bonds is 8. The predicted octanol–water partition coefficient (Wildman–Crippen LogP) is 3.06. The van der Waals surface area contributed by atoms with Crippen LogP contribution in [-0.2, 0) is 20.7 Å². The summed E-state index contributed by atoms with van der Waals surface area (Å²) in [7, 11) is 0.0486. The van der Waals surface area contributed by atoms with Gasteiger partial charge in [0.15, 0.2) is 0 Å². The second-order valence-corrected chi connectivity index (χ2v) is 5.98. The van der Waals surface area contributed by atoms with Gasteiger partial charge in [-0.3, -0.25) is 9.78 Å². The highest BCUT2D eigenvalue weighted by Crippen LogP contribution is 2.34. The van der Waals surface area contributed by atoms with Gasteiger partial charge >= 0.3 is 14.5 Å². The van der Waals surface area contributed by atoms with Gasteiger partial charge in [-0.25, -0.2) is 5.09 Å². The van der Waals surface area contributed by atoms with Crippen molar-refractivity contribution in [1.29, 1.82) is 0 Å². The van der Waals surface area contributed by atoms with Crippen molar-refractivity contribution in [3.8, 4) is 5.75 Å². The maximum Gasteiger partial charge on any atom is 0.323 e. The highest BCUT2D eigenvalue weighted by atomic mass is 31.2. The maximum absolute atomic E-state index is 12.0. The van der Waals surface area contributed by atoms with E-state index in [2.05, 4.69) is 10.1 Å². The Morgan fingerprint density at radius 2 is 2.04 bits per heavy atom. The minimum Gasteiger partial charge on any atom is -0.460 e. The van der Waals surface area contributed by atoms with E-state index in [0.717, 1.165) is 5.56 Å². The summed E-state index contributed by atoms with van der Waals surface area (Å²) in [5, 5.41) is 2.97. The summed E-state index contributed by atoms with van der Waals surface area (Å²) >= 11 is 0. The van der Waals surface area contributed by atoms with Crippen LogP contribution in [0.3, 0.4) is 0 Å². The second kappa shape index (κ2) is 9.20. The molecule has 0 fully saturated rings. The average molecular weight is 334 g/mol. The van der Waals surface area contributed by atoms with E-state index in [4.69, 9.17) is 13.8 Å². The first-order chi connectivity index (χ1) is 11.2. The number of nitrogens with one attached hydrogen (secondary N) is 1. The van der Waals surface area contributed by atoms with Crippen molar-refractivity contribution in [1.82, 2.24) is 10.1 Å². The molecule has 1 aromatic carbocycles. The monoisotopic (exact) mass is 334 g/mol. The fourth-order valence-corrected chi connectivity index (χ4v) is 2.63. The molecule has 0 radical (unpaired) electrons. The third kappa shape index (κ3) is 5.94. The van der Waals surface area contributed by atoms with Crippen LogP contribution in [0.5, 0.6) is 5.75 Å². The molecule has 7 heteroatoms. The zero-order valence-corrected chi connectivity index (χ0v) is 13.9. The number of hydrogen-bond donors (Lipinski definition) is 1. The molecular formula is C16H19N2O4P. The summed E-state index contributed by atoms with van der Waals surface area (Å²) in [5.41, 5.74) is 0.939. The van der Waals surface area contributed by atoms with Crippen molar-refractivity contribution in [2.75, 3.05) is 7.11 Å². The number of carbonyl (C=O) groups is 1. The Kier molecular flexibility index (Phi) is 6.94. The summed E-state index contributed by atoms with van der Waals surface area (Å²) < 4.78 is 16.1. The van der Waals surface area contributed by atoms with E-state index < -0.39 is 14.6 Å². The zero-order valence-electron chi connectivity index (χ0n) is 13.0. The predicted molar refractivity (Wildman–Crippen MR) is 87.6 cm³/mol. The summed E-state index contributed by atoms with van der Waals surface area (Å²) in [6.45, 7) is 1.94. The SMILES string of the molecule is COP(NC(C)C(=O)OCc1ccccc1)Oc1cccnc1. The fraction of sp³-hybridized carbons (Fsp3) is 0.250. The molecule has 0 aliphatic heterocycles. The highest BCUT2D eigenvalue weighted by molar-refractivity contribution is 7.45. The van der Waals surface area contributed by atoms with Crippen LogP contribution >= 0.6 is 8.53 Å². The Labute approximate surface area is 136 Å². The molecular weight excluding hydrogens is 315 g/mol. The Hall–Kier alpha value is -2.01. The number of nitrogens with zero attached hydrogens (tertiary/aromatic N) is 1. The average Bonchev–Trinajstić information content (AvgIpc) is 2.60. The van der Waals surface area contributed by atoms with Crippen molar-refractivity contribution in [3.63, 3.8) is 0 Å². The molecule has 2 atom stereocenters. The van der Waals surface area contributed by atoms with E-state index in [1.165, 1.54) is 7.11 Å². The molecule has 2 unspecified atom stereocenters. The zero-order chi connectivity index (χ0) is 16.5. The van der Waals surface area contributed by atoms with Gasteiger partial charge in [-0.05, 0) is 24.6 Å². The van der Waals surface area contributed by atoms with E-state index in [1.54, 1.807) is 31.5 Å². The summed E-state index contributed by atoms with van der Waals surface area (Å²) in [5.74, 6) is 0.200. The quantitative estimate of drug-likeness (QED) is 0.591. The van der Waals surface area contributed by atoms with E-state index in [9.17, 15) is 4.79 Å². The Morgan fingerprint density at radius 1 is 1.26 bits per heavy atom. The molecule has 0 amide bonds. The number of ether oxygens (including phenoxy) is 1. The molecule has 0 spiro atoms. The van der Waals surface area contributed by atoms with Gasteiger partial charge in [0.25, 0.3) is 0 Å². The number of esters is 1. The molecule has 1 N–H and O–H groups in total. The van der Waals surface area contributed by atoms with Crippen LogP contribution in [0.1, 0.15) is 12.5 Å². The molecule has 2 aromatic rings. The Morgan fingerprint density at radius 3 is 2.70 bits per heavy atom. The lowest BCUT2D eigenvalue weighted by Gasteiger charge is -2.20. The van der Waals surface area contributed by atoms with Crippen molar-refractivity contribution in [2.24, 2.45) is 0 Å². The van der Waals surface area contributed by atoms with Crippen LogP contribution in [0.4, 0.5) is 0 Å². The van der Waals surface area contributed by atoms with E-state index in [1.807, 2.05) is 30.3 Å². The normalized spacial score (nSPS) is 13.1. The second-order valence-electron chi connectivity index (χ2n) is 4.66. The molecule has 6 nitrogen and oxygen atoms in total. The minimum absolute atomic E-state index is 0.236. The van der Waals surface area contributed by atoms with Gasteiger partial charge in [0.2, 0.25) is 0 Å². The van der Waals surface area contributed by atoms with Gasteiger partial charge in [-0.2, -0.15) is 0 Å². The van der Waals surface area contributed by atoms with Gasteiger partial charge in [0, 0.05) is 13.3 Å². The number of aromatic nitrogens is 1. The van der Waals surface area contributed by atoms with E-state index in [0.29, 0.717) is 5.75 Å².